The van der Waals surface area contributed by atoms with Crippen LogP contribution >= 0.6 is 11.3 Å². The van der Waals surface area contributed by atoms with Gasteiger partial charge in [-0.05, 0) is 37.3 Å². The van der Waals surface area contributed by atoms with Crippen LogP contribution in [0.3, 0.4) is 0 Å². The highest BCUT2D eigenvalue weighted by molar-refractivity contribution is 7.82. The molecule has 2 aromatic carbocycles. The van der Waals surface area contributed by atoms with Crippen molar-refractivity contribution in [2.24, 2.45) is 5.14 Å². The van der Waals surface area contributed by atoms with Gasteiger partial charge in [-0.1, -0.05) is 6.07 Å². The Hall–Kier alpha value is -2.42. The molecule has 120 valence electrons. The van der Waals surface area contributed by atoms with Crippen LogP contribution in [0.5, 0.6) is 0 Å². The molecule has 4 rings (SSSR count). The highest BCUT2D eigenvalue weighted by Crippen LogP contribution is 2.28. The highest BCUT2D eigenvalue weighted by Gasteiger charge is 2.09. The quantitative estimate of drug-likeness (QED) is 0.588. The van der Waals surface area contributed by atoms with Gasteiger partial charge in [0.2, 0.25) is 5.95 Å². The monoisotopic (exact) mass is 355 g/mol. The van der Waals surface area contributed by atoms with Gasteiger partial charge in [0.1, 0.15) is 22.0 Å². The number of aryl methyl sites for hydroxylation is 1. The van der Waals surface area contributed by atoms with Gasteiger partial charge in [0.15, 0.2) is 0 Å². The molecule has 0 saturated heterocycles. The van der Waals surface area contributed by atoms with Gasteiger partial charge in [-0.25, -0.2) is 24.3 Å². The Morgan fingerprint density at radius 1 is 1.17 bits per heavy atom. The van der Waals surface area contributed by atoms with E-state index in [0.717, 1.165) is 31.8 Å². The summed E-state index contributed by atoms with van der Waals surface area (Å²) >= 11 is 1.64. The molecule has 1 unspecified atom stereocenters. The second-order valence-corrected chi connectivity index (χ2v) is 7.53. The van der Waals surface area contributed by atoms with Gasteiger partial charge in [0.05, 0.1) is 14.6 Å². The maximum absolute atomic E-state index is 11.4. The molecule has 0 aliphatic rings. The SMILES string of the molecule is Cc1nc2c(ccc3cnc(Nc4cccc(S(N)=O)c4)nc32)s1. The summed E-state index contributed by atoms with van der Waals surface area (Å²) < 4.78 is 12.5. The summed E-state index contributed by atoms with van der Waals surface area (Å²) in [5.74, 6) is 0.459. The van der Waals surface area contributed by atoms with Gasteiger partial charge < -0.3 is 5.32 Å². The zero-order valence-corrected chi connectivity index (χ0v) is 14.3. The van der Waals surface area contributed by atoms with Crippen LogP contribution < -0.4 is 10.5 Å². The molecule has 0 fully saturated rings. The molecule has 1 atom stereocenters. The van der Waals surface area contributed by atoms with Crippen molar-refractivity contribution >= 4 is 55.1 Å². The van der Waals surface area contributed by atoms with Crippen LogP contribution in [0.4, 0.5) is 11.6 Å². The summed E-state index contributed by atoms with van der Waals surface area (Å²) in [5, 5.41) is 10.5. The number of hydrogen-bond donors (Lipinski definition) is 2. The van der Waals surface area contributed by atoms with Gasteiger partial charge >= 0.3 is 0 Å². The molecule has 0 aliphatic heterocycles. The van der Waals surface area contributed by atoms with Crippen LogP contribution in [0.25, 0.3) is 21.1 Å². The van der Waals surface area contributed by atoms with Crippen LogP contribution in [0.2, 0.25) is 0 Å². The van der Waals surface area contributed by atoms with Crippen LogP contribution in [-0.2, 0) is 11.0 Å². The highest BCUT2D eigenvalue weighted by atomic mass is 32.2. The van der Waals surface area contributed by atoms with Crippen molar-refractivity contribution in [3.63, 3.8) is 0 Å². The van der Waals surface area contributed by atoms with E-state index in [1.54, 1.807) is 35.7 Å². The van der Waals surface area contributed by atoms with Crippen molar-refractivity contribution in [1.82, 2.24) is 15.0 Å². The smallest absolute Gasteiger partial charge is 0.227 e. The number of aromatic nitrogens is 3. The van der Waals surface area contributed by atoms with E-state index in [9.17, 15) is 4.21 Å². The van der Waals surface area contributed by atoms with E-state index in [-0.39, 0.29) is 0 Å². The first-order chi connectivity index (χ1) is 11.6. The molecule has 2 aromatic heterocycles. The standard InChI is InChI=1S/C16H13N5OS2/c1-9-19-15-13(23-9)6-5-10-8-18-16(21-14(10)15)20-11-3-2-4-12(7-11)24(17)22/h2-8H,17H2,1H3,(H,18,20,21). The van der Waals surface area contributed by atoms with E-state index in [2.05, 4.69) is 20.3 Å². The van der Waals surface area contributed by atoms with Crippen molar-refractivity contribution in [1.29, 1.82) is 0 Å². The van der Waals surface area contributed by atoms with Crippen molar-refractivity contribution < 1.29 is 4.21 Å². The van der Waals surface area contributed by atoms with Gasteiger partial charge in [-0.15, -0.1) is 11.3 Å². The Kier molecular flexibility index (Phi) is 3.72. The Bertz CT molecular complexity index is 1090. The zero-order valence-electron chi connectivity index (χ0n) is 12.7. The Balaban J connectivity index is 1.78. The van der Waals surface area contributed by atoms with E-state index in [4.69, 9.17) is 5.14 Å². The molecular weight excluding hydrogens is 342 g/mol. The fourth-order valence-corrected chi connectivity index (χ4v) is 3.77. The fourth-order valence-electron chi connectivity index (χ4n) is 2.48. The Labute approximate surface area is 144 Å². The minimum absolute atomic E-state index is 0.459. The Morgan fingerprint density at radius 3 is 2.88 bits per heavy atom. The van der Waals surface area contributed by atoms with E-state index in [1.807, 2.05) is 25.1 Å². The first-order valence-corrected chi connectivity index (χ1v) is 9.19. The number of nitrogens with two attached hydrogens (primary N) is 1. The summed E-state index contributed by atoms with van der Waals surface area (Å²) in [5.41, 5.74) is 2.43. The number of anilines is 2. The van der Waals surface area contributed by atoms with Crippen molar-refractivity contribution in [2.75, 3.05) is 5.32 Å². The minimum Gasteiger partial charge on any atom is -0.324 e. The summed E-state index contributed by atoms with van der Waals surface area (Å²) in [6.45, 7) is 1.98. The minimum atomic E-state index is -1.52. The molecule has 2 heterocycles. The molecule has 4 aromatic rings. The first kappa shape index (κ1) is 15.1. The van der Waals surface area contributed by atoms with E-state index >= 15 is 0 Å². The molecule has 0 radical (unpaired) electrons. The van der Waals surface area contributed by atoms with Crippen LogP contribution in [0.15, 0.2) is 47.5 Å². The third-order valence-corrected chi connectivity index (χ3v) is 5.19. The largest absolute Gasteiger partial charge is 0.324 e. The zero-order chi connectivity index (χ0) is 16.7. The number of fused-ring (bicyclic) bond motifs is 3. The molecule has 0 aliphatic carbocycles. The molecule has 0 saturated carbocycles. The predicted octanol–water partition coefficient (Wildman–Crippen LogP) is 3.27. The topological polar surface area (TPSA) is 93.8 Å². The van der Waals surface area contributed by atoms with Crippen LogP contribution in [0.1, 0.15) is 5.01 Å². The number of nitrogens with zero attached hydrogens (tertiary/aromatic N) is 3. The molecular formula is C16H13N5OS2. The lowest BCUT2D eigenvalue weighted by Crippen LogP contribution is -2.03. The lowest BCUT2D eigenvalue weighted by Gasteiger charge is -2.07. The third-order valence-electron chi connectivity index (χ3n) is 3.54. The number of nitrogens with one attached hydrogen (secondary N) is 1. The number of hydrogen-bond acceptors (Lipinski definition) is 6. The molecule has 0 spiro atoms. The van der Waals surface area contributed by atoms with Crippen molar-refractivity contribution in [3.05, 3.63) is 47.6 Å². The lowest BCUT2D eigenvalue weighted by atomic mass is 10.2. The molecule has 0 bridgehead atoms. The second kappa shape index (κ2) is 5.90. The van der Waals surface area contributed by atoms with Crippen molar-refractivity contribution in [2.45, 2.75) is 11.8 Å². The normalized spacial score (nSPS) is 12.6. The summed E-state index contributed by atoms with van der Waals surface area (Å²) in [4.78, 5) is 14.0. The number of rotatable bonds is 3. The second-order valence-electron chi connectivity index (χ2n) is 5.23. The van der Waals surface area contributed by atoms with Crippen LogP contribution in [0, 0.1) is 6.92 Å². The average molecular weight is 355 g/mol. The molecule has 6 nitrogen and oxygen atoms in total. The number of thiazole rings is 1. The molecule has 24 heavy (non-hydrogen) atoms. The van der Waals surface area contributed by atoms with Gasteiger partial charge in [-0.2, -0.15) is 0 Å². The summed E-state index contributed by atoms with van der Waals surface area (Å²) in [7, 11) is -1.52. The average Bonchev–Trinajstić information content (AvgIpc) is 2.96. The molecule has 3 N–H and O–H groups in total. The van der Waals surface area contributed by atoms with Gasteiger partial charge in [-0.3, -0.25) is 0 Å². The Morgan fingerprint density at radius 2 is 2.04 bits per heavy atom. The molecule has 8 heteroatoms. The fraction of sp³-hybridized carbons (Fsp3) is 0.0625. The first-order valence-electron chi connectivity index (χ1n) is 7.16. The van der Waals surface area contributed by atoms with Gasteiger partial charge in [0.25, 0.3) is 0 Å². The summed E-state index contributed by atoms with van der Waals surface area (Å²) in [6, 6.07) is 11.1. The van der Waals surface area contributed by atoms with E-state index in [0.29, 0.717) is 10.8 Å². The van der Waals surface area contributed by atoms with Gasteiger partial charge in [0, 0.05) is 17.3 Å². The lowest BCUT2D eigenvalue weighted by molar-refractivity contribution is 0.684. The van der Waals surface area contributed by atoms with Crippen LogP contribution in [-0.4, -0.2) is 19.2 Å². The third kappa shape index (κ3) is 2.75. The summed E-state index contributed by atoms with van der Waals surface area (Å²) in [6.07, 6.45) is 1.77. The maximum atomic E-state index is 11.4. The molecule has 0 amide bonds. The van der Waals surface area contributed by atoms with E-state index < -0.39 is 11.0 Å². The van der Waals surface area contributed by atoms with E-state index in [1.165, 1.54) is 0 Å². The number of benzene rings is 2. The predicted molar refractivity (Wildman–Crippen MR) is 97.8 cm³/mol. The van der Waals surface area contributed by atoms with Crippen molar-refractivity contribution in [3.8, 4) is 0 Å². The maximum Gasteiger partial charge on any atom is 0.227 e.